The van der Waals surface area contributed by atoms with Crippen molar-refractivity contribution >= 4 is 16.6 Å². The maximum absolute atomic E-state index is 13.9. The van der Waals surface area contributed by atoms with Crippen LogP contribution in [0.5, 0.6) is 0 Å². The van der Waals surface area contributed by atoms with Crippen molar-refractivity contribution in [2.45, 2.75) is 91.4 Å². The molecule has 0 amide bonds. The Balaban J connectivity index is 0.000000178. The number of halogens is 3. The van der Waals surface area contributed by atoms with Crippen molar-refractivity contribution in [2.24, 2.45) is 5.41 Å². The first-order chi connectivity index (χ1) is 19.6. The molecule has 0 radical (unpaired) electrons. The van der Waals surface area contributed by atoms with Gasteiger partial charge >= 0.3 is 0 Å². The topological polar surface area (TPSA) is 34.3 Å². The fourth-order valence-corrected chi connectivity index (χ4v) is 6.79. The predicted molar refractivity (Wildman–Crippen MR) is 165 cm³/mol. The van der Waals surface area contributed by atoms with E-state index in [4.69, 9.17) is 0 Å². The van der Waals surface area contributed by atoms with Crippen LogP contribution in [0.3, 0.4) is 0 Å². The number of fused-ring (bicyclic) bond motifs is 3. The van der Waals surface area contributed by atoms with Gasteiger partial charge in [0, 0.05) is 60.6 Å². The Hall–Kier alpha value is -2.51. The Bertz CT molecular complexity index is 1240. The number of anilines is 1. The molecule has 3 aliphatic heterocycles. The second-order valence-electron chi connectivity index (χ2n) is 12.5. The number of nitrogens with one attached hydrogen (secondary N) is 2. The van der Waals surface area contributed by atoms with Crippen LogP contribution in [-0.4, -0.2) is 54.3 Å². The average molecular weight is 571 g/mol. The number of para-hydroxylation sites is 1. The van der Waals surface area contributed by atoms with Crippen LogP contribution < -0.4 is 10.2 Å². The minimum absolute atomic E-state index is 0.390. The highest BCUT2D eigenvalue weighted by atomic mass is 19.1. The Labute approximate surface area is 244 Å². The number of rotatable bonds is 3. The van der Waals surface area contributed by atoms with Crippen LogP contribution in [-0.2, 0) is 13.0 Å². The summed E-state index contributed by atoms with van der Waals surface area (Å²) in [7, 11) is 0. The van der Waals surface area contributed by atoms with E-state index < -0.39 is 17.3 Å². The van der Waals surface area contributed by atoms with E-state index in [0.29, 0.717) is 23.7 Å². The second-order valence-corrected chi connectivity index (χ2v) is 12.5. The molecule has 3 aromatic rings. The summed E-state index contributed by atoms with van der Waals surface area (Å²) >= 11 is 0. The number of benzene rings is 2. The first-order valence-electron chi connectivity index (χ1n) is 15.5. The van der Waals surface area contributed by atoms with Crippen LogP contribution in [0.25, 0.3) is 10.9 Å². The van der Waals surface area contributed by atoms with Crippen LogP contribution in [0, 0.1) is 17.0 Å². The maximum Gasteiger partial charge on any atom is 0.128 e. The fourth-order valence-electron chi connectivity index (χ4n) is 6.79. The first-order valence-corrected chi connectivity index (χ1v) is 15.5. The molecule has 0 bridgehead atoms. The van der Waals surface area contributed by atoms with Gasteiger partial charge in [-0.3, -0.25) is 4.90 Å². The molecular formula is C34H49F3N4. The van der Waals surface area contributed by atoms with E-state index in [1.54, 1.807) is 13.8 Å². The summed E-state index contributed by atoms with van der Waals surface area (Å²) in [6.45, 7) is 14.8. The predicted octanol–water partition coefficient (Wildman–Crippen LogP) is 8.01. The van der Waals surface area contributed by atoms with Crippen LogP contribution >= 0.6 is 0 Å². The fraction of sp³-hybridized carbons (Fsp3) is 0.588. The number of hydrogen-bond acceptors (Lipinski definition) is 3. The lowest BCUT2D eigenvalue weighted by molar-refractivity contribution is 0.0853. The molecule has 6 rings (SSSR count). The number of hydrogen-bond donors (Lipinski definition) is 2. The van der Waals surface area contributed by atoms with Crippen molar-refractivity contribution in [3.8, 4) is 0 Å². The smallest absolute Gasteiger partial charge is 0.128 e. The summed E-state index contributed by atoms with van der Waals surface area (Å²) in [5, 5.41) is 4.74. The summed E-state index contributed by atoms with van der Waals surface area (Å²) in [5.74, 6) is -0.971. The van der Waals surface area contributed by atoms with Crippen LogP contribution in [0.1, 0.15) is 78.0 Å². The molecule has 4 heterocycles. The van der Waals surface area contributed by atoms with E-state index in [9.17, 15) is 13.2 Å². The molecular weight excluding hydrogens is 521 g/mol. The van der Waals surface area contributed by atoms with Gasteiger partial charge in [-0.15, -0.1) is 0 Å². The lowest BCUT2D eigenvalue weighted by Gasteiger charge is -2.37. The number of aromatic nitrogens is 1. The number of nitrogens with zero attached hydrogens (tertiary/aromatic N) is 2. The quantitative estimate of drug-likeness (QED) is 0.335. The maximum atomic E-state index is 13.9. The van der Waals surface area contributed by atoms with Gasteiger partial charge in [-0.2, -0.15) is 0 Å². The van der Waals surface area contributed by atoms with Crippen molar-refractivity contribution in [3.63, 3.8) is 0 Å². The monoisotopic (exact) mass is 570 g/mol. The van der Waals surface area contributed by atoms with E-state index in [-0.39, 0.29) is 0 Å². The number of aromatic amines is 1. The molecule has 2 saturated heterocycles. The summed E-state index contributed by atoms with van der Waals surface area (Å²) in [6, 6.07) is 12.6. The average Bonchev–Trinajstić information content (AvgIpc) is 3.15. The molecule has 1 spiro atoms. The summed E-state index contributed by atoms with van der Waals surface area (Å²) in [4.78, 5) is 7.86. The summed E-state index contributed by atoms with van der Waals surface area (Å²) in [6.07, 6.45) is 6.94. The molecule has 226 valence electrons. The molecule has 7 heteroatoms. The van der Waals surface area contributed by atoms with Gasteiger partial charge in [0.25, 0.3) is 0 Å². The third-order valence-electron chi connectivity index (χ3n) is 8.89. The first kappa shape index (κ1) is 31.4. The van der Waals surface area contributed by atoms with E-state index in [1.807, 2.05) is 13.8 Å². The lowest BCUT2D eigenvalue weighted by Crippen LogP contribution is -2.44. The Morgan fingerprint density at radius 3 is 2.32 bits per heavy atom. The van der Waals surface area contributed by atoms with Crippen LogP contribution in [0.4, 0.5) is 18.9 Å². The van der Waals surface area contributed by atoms with Crippen molar-refractivity contribution in [3.05, 3.63) is 65.4 Å². The number of alkyl halides is 1. The molecule has 2 N–H and O–H groups in total. The van der Waals surface area contributed by atoms with Gasteiger partial charge in [-0.05, 0) is 102 Å². The van der Waals surface area contributed by atoms with E-state index in [0.717, 1.165) is 58.1 Å². The number of piperidine rings is 1. The van der Waals surface area contributed by atoms with Gasteiger partial charge in [0.05, 0.1) is 0 Å². The zero-order valence-electron chi connectivity index (χ0n) is 25.6. The van der Waals surface area contributed by atoms with Gasteiger partial charge in [-0.1, -0.05) is 32.0 Å². The van der Waals surface area contributed by atoms with Crippen molar-refractivity contribution < 1.29 is 13.2 Å². The summed E-state index contributed by atoms with van der Waals surface area (Å²) < 4.78 is 40.6. The van der Waals surface area contributed by atoms with Gasteiger partial charge in [0.15, 0.2) is 0 Å². The molecule has 4 nitrogen and oxygen atoms in total. The highest BCUT2D eigenvalue weighted by Crippen LogP contribution is 2.40. The molecule has 3 aliphatic rings. The zero-order chi connectivity index (χ0) is 29.6. The van der Waals surface area contributed by atoms with Crippen molar-refractivity contribution in [1.29, 1.82) is 0 Å². The summed E-state index contributed by atoms with van der Waals surface area (Å²) in [5.41, 5.74) is 3.86. The van der Waals surface area contributed by atoms with Gasteiger partial charge in [-0.25, -0.2) is 13.2 Å². The molecule has 1 aromatic heterocycles. The standard InChI is InChI=1S/C16H22F2N2.C16H21FN2.C2H6/c17-13-10-14(18)12-15(11-13)20-8-1-2-16(5-9-20)3-6-19-7-4-16;1-11-8-13-12-6-4-5-7-14(12)18-15(13)9-19(11)10-16(2,3)17;1-2/h10-12,19H,1-9H2;4-7,11,18H,8-10H2,1-3H3;1-2H3. The lowest BCUT2D eigenvalue weighted by atomic mass is 9.73. The largest absolute Gasteiger partial charge is 0.371 e. The number of H-pyrrole nitrogens is 1. The molecule has 0 aliphatic carbocycles. The molecule has 0 saturated carbocycles. The van der Waals surface area contributed by atoms with Gasteiger partial charge < -0.3 is 15.2 Å². The molecule has 2 fully saturated rings. The second kappa shape index (κ2) is 13.6. The van der Waals surface area contributed by atoms with Crippen LogP contribution in [0.15, 0.2) is 42.5 Å². The van der Waals surface area contributed by atoms with Gasteiger partial charge in [0.1, 0.15) is 17.3 Å². The third-order valence-corrected chi connectivity index (χ3v) is 8.89. The minimum Gasteiger partial charge on any atom is -0.371 e. The van der Waals surface area contributed by atoms with E-state index in [2.05, 4.69) is 51.3 Å². The molecule has 1 unspecified atom stereocenters. The highest BCUT2D eigenvalue weighted by molar-refractivity contribution is 5.84. The van der Waals surface area contributed by atoms with Crippen molar-refractivity contribution in [2.75, 3.05) is 37.6 Å². The Kier molecular flexibility index (Phi) is 10.5. The van der Waals surface area contributed by atoms with Crippen LogP contribution in [0.2, 0.25) is 0 Å². The normalized spacial score (nSPS) is 20.9. The van der Waals surface area contributed by atoms with Gasteiger partial charge in [0.2, 0.25) is 0 Å². The molecule has 2 aromatic carbocycles. The zero-order valence-corrected chi connectivity index (χ0v) is 25.6. The van der Waals surface area contributed by atoms with Crippen molar-refractivity contribution in [1.82, 2.24) is 15.2 Å². The highest BCUT2D eigenvalue weighted by Gasteiger charge is 2.34. The molecule has 1 atom stereocenters. The SMILES string of the molecule is CC.CC1Cc2c([nH]c3ccccc23)CN1CC(C)(C)F.Fc1cc(F)cc(N2CCCC3(CCNCC3)CC2)c1. The Morgan fingerprint density at radius 2 is 1.63 bits per heavy atom. The van der Waals surface area contributed by atoms with E-state index >= 15 is 0 Å². The van der Waals surface area contributed by atoms with E-state index in [1.165, 1.54) is 53.6 Å². The molecule has 41 heavy (non-hydrogen) atoms. The minimum atomic E-state index is -1.14. The Morgan fingerprint density at radius 1 is 0.951 bits per heavy atom. The third kappa shape index (κ3) is 8.07.